The third kappa shape index (κ3) is 4.12. The molecule has 0 bridgehead atoms. The molecule has 6 aromatic carbocycles. The van der Waals surface area contributed by atoms with Gasteiger partial charge < -0.3 is 8.98 Å². The lowest BCUT2D eigenvalue weighted by Gasteiger charge is -2.15. The summed E-state index contributed by atoms with van der Waals surface area (Å²) in [7, 11) is 0. The third-order valence-electron chi connectivity index (χ3n) is 10.1. The number of para-hydroxylation sites is 6. The molecule has 6 heteroatoms. The molecule has 0 fully saturated rings. The van der Waals surface area contributed by atoms with Gasteiger partial charge in [-0.15, -0.1) is 0 Å². The zero-order chi connectivity index (χ0) is 34.2. The van der Waals surface area contributed by atoms with Gasteiger partial charge >= 0.3 is 0 Å². The first-order valence-electron chi connectivity index (χ1n) is 16.9. The molecule has 4 heterocycles. The molecule has 0 saturated heterocycles. The van der Waals surface area contributed by atoms with E-state index in [-0.39, 0.29) is 0 Å². The monoisotopic (exact) mass is 655 g/mol. The van der Waals surface area contributed by atoms with Crippen LogP contribution in [-0.2, 0) is 0 Å². The van der Waals surface area contributed by atoms with E-state index in [0.717, 1.165) is 83.3 Å². The van der Waals surface area contributed by atoms with Crippen molar-refractivity contribution in [1.29, 1.82) is 5.26 Å². The number of hydrogen-bond donors (Lipinski definition) is 0. The van der Waals surface area contributed by atoms with Gasteiger partial charge in [-0.25, -0.2) is 4.98 Å². The largest absolute Gasteiger partial charge is 0.456 e. The smallest absolute Gasteiger partial charge is 0.220 e. The SMILES string of the molecule is C=C/C=C(C#N)\C(=C(/C)c1ccc2oc3ccc(-n4c5ccccc5c5ccccc54)cc3c2c1)n1c2ccccc2n2c3ccccc3nc12. The molecule has 51 heavy (non-hydrogen) atoms. The second kappa shape index (κ2) is 11.0. The predicted molar refractivity (Wildman–Crippen MR) is 209 cm³/mol. The van der Waals surface area contributed by atoms with E-state index < -0.39 is 0 Å². The molecule has 10 rings (SSSR count). The fourth-order valence-electron chi connectivity index (χ4n) is 7.82. The average Bonchev–Trinajstić information content (AvgIpc) is 3.91. The summed E-state index contributed by atoms with van der Waals surface area (Å²) in [6.07, 6.45) is 3.44. The molecular formula is C45H29N5O. The van der Waals surface area contributed by atoms with Crippen molar-refractivity contribution in [3.63, 3.8) is 0 Å². The fourth-order valence-corrected chi connectivity index (χ4v) is 7.82. The summed E-state index contributed by atoms with van der Waals surface area (Å²) >= 11 is 0. The van der Waals surface area contributed by atoms with E-state index in [0.29, 0.717) is 5.57 Å². The Hall–Kier alpha value is -7.10. The maximum absolute atomic E-state index is 10.6. The topological polar surface area (TPSA) is 64.1 Å². The number of allylic oxidation sites excluding steroid dienone is 5. The summed E-state index contributed by atoms with van der Waals surface area (Å²) < 4.78 is 13.0. The normalized spacial score (nSPS) is 12.9. The van der Waals surface area contributed by atoms with Crippen LogP contribution in [0.4, 0.5) is 0 Å². The maximum Gasteiger partial charge on any atom is 0.220 e. The van der Waals surface area contributed by atoms with Gasteiger partial charge in [-0.3, -0.25) is 8.97 Å². The first-order chi connectivity index (χ1) is 25.1. The molecule has 6 nitrogen and oxygen atoms in total. The van der Waals surface area contributed by atoms with Crippen LogP contribution in [-0.4, -0.2) is 18.5 Å². The Morgan fingerprint density at radius 3 is 2.00 bits per heavy atom. The van der Waals surface area contributed by atoms with Crippen LogP contribution in [0, 0.1) is 11.3 Å². The highest BCUT2D eigenvalue weighted by Gasteiger charge is 2.23. The first-order valence-corrected chi connectivity index (χ1v) is 16.9. The Morgan fingerprint density at radius 1 is 0.686 bits per heavy atom. The number of rotatable bonds is 5. The lowest BCUT2D eigenvalue weighted by atomic mass is 9.98. The van der Waals surface area contributed by atoms with Gasteiger partial charge in [0.2, 0.25) is 5.78 Å². The minimum Gasteiger partial charge on any atom is -0.456 e. The molecule has 0 saturated carbocycles. The summed E-state index contributed by atoms with van der Waals surface area (Å²) in [6, 6.07) is 48.6. The van der Waals surface area contributed by atoms with Crippen LogP contribution in [0.2, 0.25) is 0 Å². The second-order valence-electron chi connectivity index (χ2n) is 12.8. The number of hydrogen-bond acceptors (Lipinski definition) is 3. The van der Waals surface area contributed by atoms with Crippen LogP contribution in [0.1, 0.15) is 12.5 Å². The van der Waals surface area contributed by atoms with E-state index in [2.05, 4.69) is 130 Å². The van der Waals surface area contributed by atoms with Crippen molar-refractivity contribution < 1.29 is 4.42 Å². The fraction of sp³-hybridized carbons (Fsp3) is 0.0222. The molecule has 0 radical (unpaired) electrons. The van der Waals surface area contributed by atoms with Gasteiger partial charge in [0.15, 0.2) is 0 Å². The van der Waals surface area contributed by atoms with E-state index in [4.69, 9.17) is 9.40 Å². The van der Waals surface area contributed by atoms with Crippen LogP contribution in [0.3, 0.4) is 0 Å². The molecule has 10 aromatic rings. The number of nitriles is 1. The second-order valence-corrected chi connectivity index (χ2v) is 12.8. The van der Waals surface area contributed by atoms with Gasteiger partial charge in [0.05, 0.1) is 44.4 Å². The lowest BCUT2D eigenvalue weighted by molar-refractivity contribution is 0.669. The van der Waals surface area contributed by atoms with Gasteiger partial charge in [0, 0.05) is 27.2 Å². The molecule has 0 aliphatic carbocycles. The van der Waals surface area contributed by atoms with E-state index in [1.807, 2.05) is 36.4 Å². The molecule has 4 aromatic heterocycles. The molecular weight excluding hydrogens is 627 g/mol. The van der Waals surface area contributed by atoms with Crippen molar-refractivity contribution in [3.05, 3.63) is 163 Å². The number of imidazole rings is 2. The molecule has 0 unspecified atom stereocenters. The van der Waals surface area contributed by atoms with Gasteiger partial charge in [0.1, 0.15) is 17.2 Å². The Kier molecular flexibility index (Phi) is 6.20. The standard InChI is InChI=1S/C45H29N5O/c1-3-12-30(27-46)44(50-41-20-11-10-19-40(41)49-39-18-9-6-15-36(39)47-45(49)50)28(2)29-21-23-42-34(25-29)35-26-31(22-24-43(35)51-42)48-37-16-7-4-13-32(37)33-14-5-8-17-38(33)48/h3-26H,1H2,2H3/b30-12-,44-28-. The van der Waals surface area contributed by atoms with Crippen molar-refractivity contribution in [2.24, 2.45) is 0 Å². The number of fused-ring (bicyclic) bond motifs is 11. The summed E-state index contributed by atoms with van der Waals surface area (Å²) in [5.74, 6) is 0.739. The van der Waals surface area contributed by atoms with E-state index in [1.54, 1.807) is 12.2 Å². The third-order valence-corrected chi connectivity index (χ3v) is 10.1. The Bertz CT molecular complexity index is 3130. The van der Waals surface area contributed by atoms with Crippen LogP contribution in [0.5, 0.6) is 0 Å². The lowest BCUT2D eigenvalue weighted by Crippen LogP contribution is -2.03. The highest BCUT2D eigenvalue weighted by Crippen LogP contribution is 2.39. The number of benzene rings is 6. The number of furan rings is 1. The van der Waals surface area contributed by atoms with E-state index in [1.165, 1.54) is 10.8 Å². The maximum atomic E-state index is 10.6. The van der Waals surface area contributed by atoms with Crippen LogP contribution >= 0.6 is 0 Å². The molecule has 0 amide bonds. The van der Waals surface area contributed by atoms with Crippen LogP contribution in [0.15, 0.2) is 162 Å². The van der Waals surface area contributed by atoms with Crippen molar-refractivity contribution in [2.45, 2.75) is 6.92 Å². The summed E-state index contributed by atoms with van der Waals surface area (Å²) in [6.45, 7) is 6.02. The van der Waals surface area contributed by atoms with Crippen molar-refractivity contribution in [3.8, 4) is 11.8 Å². The van der Waals surface area contributed by atoms with Gasteiger partial charge in [-0.1, -0.05) is 79.4 Å². The first kappa shape index (κ1) is 28.9. The predicted octanol–water partition coefficient (Wildman–Crippen LogP) is 11.5. The van der Waals surface area contributed by atoms with E-state index >= 15 is 0 Å². The summed E-state index contributed by atoms with van der Waals surface area (Å²) in [5.41, 5.74) is 12.0. The van der Waals surface area contributed by atoms with Gasteiger partial charge in [-0.2, -0.15) is 5.26 Å². The molecule has 0 spiro atoms. The zero-order valence-electron chi connectivity index (χ0n) is 27.7. The number of nitrogens with zero attached hydrogens (tertiary/aromatic N) is 5. The van der Waals surface area contributed by atoms with Crippen LogP contribution < -0.4 is 0 Å². The van der Waals surface area contributed by atoms with Crippen molar-refractivity contribution >= 4 is 82.9 Å². The highest BCUT2D eigenvalue weighted by atomic mass is 16.3. The molecule has 0 N–H and O–H groups in total. The summed E-state index contributed by atoms with van der Waals surface area (Å²) in [4.78, 5) is 5.10. The zero-order valence-corrected chi connectivity index (χ0v) is 27.7. The number of aromatic nitrogens is 4. The summed E-state index contributed by atoms with van der Waals surface area (Å²) in [5, 5.41) is 15.1. The van der Waals surface area contributed by atoms with Gasteiger partial charge in [0.25, 0.3) is 0 Å². The quantitative estimate of drug-likeness (QED) is 0.137. The van der Waals surface area contributed by atoms with Crippen LogP contribution in [0.25, 0.3) is 88.5 Å². The minimum atomic E-state index is 0.489. The van der Waals surface area contributed by atoms with Gasteiger partial charge in [-0.05, 0) is 90.9 Å². The molecule has 0 aliphatic rings. The Balaban J connectivity index is 1.24. The highest BCUT2D eigenvalue weighted by molar-refractivity contribution is 6.11. The Morgan fingerprint density at radius 2 is 1.29 bits per heavy atom. The molecule has 0 atom stereocenters. The van der Waals surface area contributed by atoms with E-state index in [9.17, 15) is 5.26 Å². The van der Waals surface area contributed by atoms with Crippen molar-refractivity contribution in [2.75, 3.05) is 0 Å². The Labute approximate surface area is 292 Å². The average molecular weight is 656 g/mol. The van der Waals surface area contributed by atoms with Crippen molar-refractivity contribution in [1.82, 2.24) is 18.5 Å². The molecule has 0 aliphatic heterocycles. The minimum absolute atomic E-state index is 0.489. The molecule has 240 valence electrons.